The van der Waals surface area contributed by atoms with Gasteiger partial charge in [0.2, 0.25) is 0 Å². The smallest absolute Gasteiger partial charge is 0.125 e. The molecule has 5 heteroatoms. The van der Waals surface area contributed by atoms with E-state index < -0.39 is 0 Å². The monoisotopic (exact) mass is 227 g/mol. The van der Waals surface area contributed by atoms with Crippen LogP contribution in [0.4, 0.5) is 0 Å². The van der Waals surface area contributed by atoms with E-state index in [4.69, 9.17) is 10.5 Å². The third-order valence-corrected chi connectivity index (χ3v) is 4.07. The Morgan fingerprint density at radius 3 is 3.07 bits per heavy atom. The van der Waals surface area contributed by atoms with Gasteiger partial charge in [-0.2, -0.15) is 0 Å². The van der Waals surface area contributed by atoms with Crippen LogP contribution < -0.4 is 5.73 Å². The van der Waals surface area contributed by atoms with Crippen LogP contribution in [0.5, 0.6) is 0 Å². The Hall–Kier alpha value is -0.520. The highest BCUT2D eigenvalue weighted by atomic mass is 32.1. The van der Waals surface area contributed by atoms with E-state index in [9.17, 15) is 0 Å². The highest BCUT2D eigenvalue weighted by Crippen LogP contribution is 2.34. The third-order valence-electron chi connectivity index (χ3n) is 2.78. The largest absolute Gasteiger partial charge is 0.380 e. The molecule has 1 aromatic rings. The van der Waals surface area contributed by atoms with Gasteiger partial charge in [-0.25, -0.2) is 0 Å². The van der Waals surface area contributed by atoms with Gasteiger partial charge in [0.15, 0.2) is 0 Å². The lowest BCUT2D eigenvalue weighted by atomic mass is 9.86. The molecule has 1 saturated heterocycles. The second-order valence-corrected chi connectivity index (χ2v) is 5.32. The summed E-state index contributed by atoms with van der Waals surface area (Å²) >= 11 is 1.68. The van der Waals surface area contributed by atoms with E-state index >= 15 is 0 Å². The maximum atomic E-state index is 5.52. The molecule has 0 bridgehead atoms. The lowest BCUT2D eigenvalue weighted by Crippen LogP contribution is -2.32. The van der Waals surface area contributed by atoms with Crippen molar-refractivity contribution in [1.82, 2.24) is 10.2 Å². The van der Waals surface area contributed by atoms with E-state index in [2.05, 4.69) is 17.1 Å². The summed E-state index contributed by atoms with van der Waals surface area (Å²) in [7, 11) is 0. The molecule has 84 valence electrons. The standard InChI is InChI=1S/C10H17N3OS/c1-10(4-2-6-14-7-10)9-13-12-8(15-9)3-5-11/h2-7,11H2,1H3. The van der Waals surface area contributed by atoms with Crippen LogP contribution in [0, 0.1) is 0 Å². The fourth-order valence-corrected chi connectivity index (χ4v) is 2.84. The number of nitrogens with zero attached hydrogens (tertiary/aromatic N) is 2. The molecule has 0 amide bonds. The molecule has 0 aromatic carbocycles. The molecule has 1 aliphatic rings. The molecule has 2 heterocycles. The minimum absolute atomic E-state index is 0.0722. The van der Waals surface area contributed by atoms with E-state index in [1.807, 2.05) is 0 Å². The molecule has 0 saturated carbocycles. The Bertz CT molecular complexity index is 320. The molecular formula is C10H17N3OS. The highest BCUT2D eigenvalue weighted by molar-refractivity contribution is 7.11. The van der Waals surface area contributed by atoms with Crippen LogP contribution in [-0.2, 0) is 16.6 Å². The number of nitrogens with two attached hydrogens (primary N) is 1. The summed E-state index contributed by atoms with van der Waals surface area (Å²) in [5.74, 6) is 0. The van der Waals surface area contributed by atoms with Gasteiger partial charge < -0.3 is 10.5 Å². The van der Waals surface area contributed by atoms with Crippen LogP contribution in [0.15, 0.2) is 0 Å². The number of hydrogen-bond acceptors (Lipinski definition) is 5. The Morgan fingerprint density at radius 1 is 1.53 bits per heavy atom. The zero-order valence-corrected chi connectivity index (χ0v) is 9.85. The molecule has 0 spiro atoms. The van der Waals surface area contributed by atoms with Crippen LogP contribution >= 0.6 is 11.3 Å². The highest BCUT2D eigenvalue weighted by Gasteiger charge is 2.33. The maximum Gasteiger partial charge on any atom is 0.125 e. The third kappa shape index (κ3) is 2.35. The molecule has 1 aromatic heterocycles. The van der Waals surface area contributed by atoms with Gasteiger partial charge in [0.1, 0.15) is 10.0 Å². The molecule has 1 atom stereocenters. The Morgan fingerprint density at radius 2 is 2.40 bits per heavy atom. The fourth-order valence-electron chi connectivity index (χ4n) is 1.82. The van der Waals surface area contributed by atoms with Crippen molar-refractivity contribution in [3.63, 3.8) is 0 Å². The first kappa shape index (κ1) is 11.0. The Kier molecular flexibility index (Phi) is 3.33. The van der Waals surface area contributed by atoms with Gasteiger partial charge in [0.25, 0.3) is 0 Å². The molecule has 2 rings (SSSR count). The minimum atomic E-state index is 0.0722. The van der Waals surface area contributed by atoms with Crippen molar-refractivity contribution in [3.8, 4) is 0 Å². The van der Waals surface area contributed by atoms with Crippen LogP contribution in [-0.4, -0.2) is 30.0 Å². The van der Waals surface area contributed by atoms with Gasteiger partial charge in [-0.15, -0.1) is 21.5 Å². The van der Waals surface area contributed by atoms with Crippen molar-refractivity contribution in [1.29, 1.82) is 0 Å². The van der Waals surface area contributed by atoms with Crippen molar-refractivity contribution in [2.24, 2.45) is 5.73 Å². The molecule has 2 N–H and O–H groups in total. The quantitative estimate of drug-likeness (QED) is 0.840. The second kappa shape index (κ2) is 4.55. The first-order chi connectivity index (χ1) is 7.24. The van der Waals surface area contributed by atoms with E-state index in [1.165, 1.54) is 0 Å². The molecule has 15 heavy (non-hydrogen) atoms. The normalized spacial score (nSPS) is 26.8. The van der Waals surface area contributed by atoms with Crippen LogP contribution in [0.3, 0.4) is 0 Å². The van der Waals surface area contributed by atoms with Gasteiger partial charge in [0, 0.05) is 18.4 Å². The predicted molar refractivity (Wildman–Crippen MR) is 60.1 cm³/mol. The zero-order chi connectivity index (χ0) is 10.7. The average Bonchev–Trinajstić information content (AvgIpc) is 2.69. The summed E-state index contributed by atoms with van der Waals surface area (Å²) in [6.45, 7) is 4.50. The number of ether oxygens (including phenoxy) is 1. The summed E-state index contributed by atoms with van der Waals surface area (Å²) in [6, 6.07) is 0. The van der Waals surface area contributed by atoms with Gasteiger partial charge in [-0.3, -0.25) is 0 Å². The van der Waals surface area contributed by atoms with Crippen LogP contribution in [0.25, 0.3) is 0 Å². The zero-order valence-electron chi connectivity index (χ0n) is 9.03. The van der Waals surface area contributed by atoms with Gasteiger partial charge in [-0.1, -0.05) is 6.92 Å². The topological polar surface area (TPSA) is 61.0 Å². The molecule has 0 aliphatic carbocycles. The maximum absolute atomic E-state index is 5.52. The SMILES string of the molecule is CC1(c2nnc(CCN)s2)CCCOC1. The first-order valence-electron chi connectivity index (χ1n) is 5.35. The summed E-state index contributed by atoms with van der Waals surface area (Å²) in [6.07, 6.45) is 3.08. The molecule has 1 fully saturated rings. The van der Waals surface area contributed by atoms with E-state index in [-0.39, 0.29) is 5.41 Å². The number of rotatable bonds is 3. The van der Waals surface area contributed by atoms with Gasteiger partial charge in [0.05, 0.1) is 6.61 Å². The molecule has 0 radical (unpaired) electrons. The lowest BCUT2D eigenvalue weighted by Gasteiger charge is -2.30. The van der Waals surface area contributed by atoms with Gasteiger partial charge in [-0.05, 0) is 19.4 Å². The molecule has 1 aliphatic heterocycles. The van der Waals surface area contributed by atoms with E-state index in [0.717, 1.165) is 42.5 Å². The van der Waals surface area contributed by atoms with Crippen molar-refractivity contribution >= 4 is 11.3 Å². The second-order valence-electron chi connectivity index (χ2n) is 4.26. The molecule has 1 unspecified atom stereocenters. The van der Waals surface area contributed by atoms with Crippen LogP contribution in [0.2, 0.25) is 0 Å². The van der Waals surface area contributed by atoms with E-state index in [1.54, 1.807) is 11.3 Å². The molecule has 4 nitrogen and oxygen atoms in total. The van der Waals surface area contributed by atoms with Gasteiger partial charge >= 0.3 is 0 Å². The summed E-state index contributed by atoms with van der Waals surface area (Å²) < 4.78 is 5.52. The van der Waals surface area contributed by atoms with Crippen molar-refractivity contribution in [2.75, 3.05) is 19.8 Å². The van der Waals surface area contributed by atoms with Crippen LogP contribution in [0.1, 0.15) is 29.8 Å². The lowest BCUT2D eigenvalue weighted by molar-refractivity contribution is 0.0416. The predicted octanol–water partition coefficient (Wildman–Crippen LogP) is 1.11. The summed E-state index contributed by atoms with van der Waals surface area (Å²) in [4.78, 5) is 0. The molecular weight excluding hydrogens is 210 g/mol. The van der Waals surface area contributed by atoms with Crippen molar-refractivity contribution < 1.29 is 4.74 Å². The average molecular weight is 227 g/mol. The summed E-state index contributed by atoms with van der Waals surface area (Å²) in [5.41, 5.74) is 5.57. The van der Waals surface area contributed by atoms with Crippen molar-refractivity contribution in [3.05, 3.63) is 10.0 Å². The van der Waals surface area contributed by atoms with E-state index in [0.29, 0.717) is 6.54 Å². The Balaban J connectivity index is 2.12. The first-order valence-corrected chi connectivity index (χ1v) is 6.17. The number of aromatic nitrogens is 2. The fraction of sp³-hybridized carbons (Fsp3) is 0.800. The Labute approximate surface area is 93.8 Å². The van der Waals surface area contributed by atoms with Crippen molar-refractivity contribution in [2.45, 2.75) is 31.6 Å². The number of hydrogen-bond donors (Lipinski definition) is 1. The minimum Gasteiger partial charge on any atom is -0.380 e. The summed E-state index contributed by atoms with van der Waals surface area (Å²) in [5, 5.41) is 10.6.